The van der Waals surface area contributed by atoms with Crippen LogP contribution in [0.2, 0.25) is 5.02 Å². The summed E-state index contributed by atoms with van der Waals surface area (Å²) in [4.78, 5) is 0. The van der Waals surface area contributed by atoms with Crippen molar-refractivity contribution in [1.29, 1.82) is 0 Å². The third-order valence-electron chi connectivity index (χ3n) is 2.97. The van der Waals surface area contributed by atoms with Gasteiger partial charge in [-0.3, -0.25) is 0 Å². The molecular weight excluding hydrogens is 248 g/mol. The van der Waals surface area contributed by atoms with Crippen LogP contribution < -0.4 is 5.32 Å². The summed E-state index contributed by atoms with van der Waals surface area (Å²) >= 11 is 5.97. The number of ether oxygens (including phenoxy) is 1. The normalized spacial score (nSPS) is 11.2. The van der Waals surface area contributed by atoms with E-state index >= 15 is 0 Å². The Kier molecular flexibility index (Phi) is 5.05. The van der Waals surface area contributed by atoms with Crippen LogP contribution in [0.3, 0.4) is 0 Å². The van der Waals surface area contributed by atoms with Crippen LogP contribution in [0.1, 0.15) is 6.42 Å². The molecule has 0 radical (unpaired) electrons. The Balaban J connectivity index is 1.84. The summed E-state index contributed by atoms with van der Waals surface area (Å²) in [5.74, 6) is 0. The number of benzene rings is 1. The number of hydrogen-bond acceptors (Lipinski definition) is 2. The zero-order valence-corrected chi connectivity index (χ0v) is 11.4. The fraction of sp³-hybridized carbons (Fsp3) is 0.429. The molecule has 98 valence electrons. The highest BCUT2D eigenvalue weighted by Gasteiger charge is 2.01. The Morgan fingerprint density at radius 3 is 3.00 bits per heavy atom. The standard InChI is InChI=1S/C14H19ClN2O/c1-18-10-7-16-6-2-8-17-9-5-12-11-13(15)3-4-14(12)17/h3-5,9,11,16H,2,6-8,10H2,1H3. The van der Waals surface area contributed by atoms with E-state index in [0.717, 1.165) is 37.7 Å². The topological polar surface area (TPSA) is 26.2 Å². The van der Waals surface area contributed by atoms with E-state index in [0.29, 0.717) is 0 Å². The molecule has 18 heavy (non-hydrogen) atoms. The van der Waals surface area contributed by atoms with E-state index in [1.54, 1.807) is 7.11 Å². The maximum Gasteiger partial charge on any atom is 0.0587 e. The lowest BCUT2D eigenvalue weighted by Crippen LogP contribution is -2.21. The van der Waals surface area contributed by atoms with Crippen LogP contribution in [0.4, 0.5) is 0 Å². The molecule has 0 amide bonds. The molecule has 2 aromatic rings. The van der Waals surface area contributed by atoms with Crippen LogP contribution >= 0.6 is 11.6 Å². The summed E-state index contributed by atoms with van der Waals surface area (Å²) in [6, 6.07) is 8.14. The number of halogens is 1. The van der Waals surface area contributed by atoms with Crippen molar-refractivity contribution in [2.75, 3.05) is 26.8 Å². The van der Waals surface area contributed by atoms with E-state index in [4.69, 9.17) is 16.3 Å². The average molecular weight is 267 g/mol. The largest absolute Gasteiger partial charge is 0.383 e. The lowest BCUT2D eigenvalue weighted by atomic mass is 10.2. The van der Waals surface area contributed by atoms with Crippen LogP contribution in [0.25, 0.3) is 10.9 Å². The molecule has 1 aromatic carbocycles. The number of aromatic nitrogens is 1. The Morgan fingerprint density at radius 1 is 1.28 bits per heavy atom. The maximum atomic E-state index is 5.97. The van der Waals surface area contributed by atoms with Gasteiger partial charge in [0.25, 0.3) is 0 Å². The highest BCUT2D eigenvalue weighted by molar-refractivity contribution is 6.31. The maximum absolute atomic E-state index is 5.97. The quantitative estimate of drug-likeness (QED) is 0.780. The van der Waals surface area contributed by atoms with Crippen LogP contribution in [0, 0.1) is 0 Å². The van der Waals surface area contributed by atoms with Gasteiger partial charge in [0, 0.05) is 42.3 Å². The number of nitrogens with zero attached hydrogens (tertiary/aromatic N) is 1. The van der Waals surface area contributed by atoms with Gasteiger partial charge in [0.05, 0.1) is 6.61 Å². The minimum atomic E-state index is 0.769. The van der Waals surface area contributed by atoms with Gasteiger partial charge in [-0.25, -0.2) is 0 Å². The summed E-state index contributed by atoms with van der Waals surface area (Å²) in [5.41, 5.74) is 1.25. The first-order chi connectivity index (χ1) is 8.81. The molecule has 0 fully saturated rings. The molecule has 0 saturated heterocycles. The van der Waals surface area contributed by atoms with Crippen molar-refractivity contribution in [3.63, 3.8) is 0 Å². The smallest absolute Gasteiger partial charge is 0.0587 e. The van der Waals surface area contributed by atoms with Crippen molar-refractivity contribution in [2.45, 2.75) is 13.0 Å². The SMILES string of the molecule is COCCNCCCn1ccc2cc(Cl)ccc21. The summed E-state index contributed by atoms with van der Waals surface area (Å²) in [6.45, 7) is 3.71. The summed E-state index contributed by atoms with van der Waals surface area (Å²) in [7, 11) is 1.72. The number of aryl methyl sites for hydroxylation is 1. The Labute approximate surface area is 113 Å². The van der Waals surface area contributed by atoms with Crippen LogP contribution in [-0.2, 0) is 11.3 Å². The molecule has 2 rings (SSSR count). The summed E-state index contributed by atoms with van der Waals surface area (Å²) in [5, 5.41) is 5.34. The van der Waals surface area contributed by atoms with Crippen molar-refractivity contribution in [3.05, 3.63) is 35.5 Å². The van der Waals surface area contributed by atoms with Gasteiger partial charge < -0.3 is 14.6 Å². The van der Waals surface area contributed by atoms with Gasteiger partial charge in [-0.1, -0.05) is 11.6 Å². The molecule has 1 heterocycles. The second-order valence-corrected chi connectivity index (χ2v) is 4.75. The molecule has 1 N–H and O–H groups in total. The molecule has 0 aliphatic heterocycles. The van der Waals surface area contributed by atoms with E-state index in [1.165, 1.54) is 10.9 Å². The predicted molar refractivity (Wildman–Crippen MR) is 76.3 cm³/mol. The van der Waals surface area contributed by atoms with Gasteiger partial charge in [-0.2, -0.15) is 0 Å². The van der Waals surface area contributed by atoms with E-state index in [1.807, 2.05) is 12.1 Å². The monoisotopic (exact) mass is 266 g/mol. The Morgan fingerprint density at radius 2 is 2.17 bits per heavy atom. The van der Waals surface area contributed by atoms with Crippen LogP contribution in [0.15, 0.2) is 30.5 Å². The zero-order valence-electron chi connectivity index (χ0n) is 10.7. The molecule has 1 aromatic heterocycles. The Hall–Kier alpha value is -1.03. The minimum Gasteiger partial charge on any atom is -0.383 e. The summed E-state index contributed by atoms with van der Waals surface area (Å²) < 4.78 is 7.25. The molecule has 0 aliphatic carbocycles. The molecule has 0 bridgehead atoms. The van der Waals surface area contributed by atoms with Gasteiger partial charge in [-0.05, 0) is 37.2 Å². The molecule has 0 aliphatic rings. The Bertz CT molecular complexity index is 495. The van der Waals surface area contributed by atoms with E-state index < -0.39 is 0 Å². The first kappa shape index (κ1) is 13.4. The van der Waals surface area contributed by atoms with E-state index in [2.05, 4.69) is 28.2 Å². The molecule has 0 spiro atoms. The first-order valence-electron chi connectivity index (χ1n) is 6.25. The summed E-state index contributed by atoms with van der Waals surface area (Å²) in [6.07, 6.45) is 3.23. The van der Waals surface area contributed by atoms with Crippen molar-refractivity contribution < 1.29 is 4.74 Å². The fourth-order valence-corrected chi connectivity index (χ4v) is 2.22. The highest BCUT2D eigenvalue weighted by atomic mass is 35.5. The van der Waals surface area contributed by atoms with Gasteiger partial charge in [0.15, 0.2) is 0 Å². The second-order valence-electron chi connectivity index (χ2n) is 4.31. The lowest BCUT2D eigenvalue weighted by Gasteiger charge is -2.07. The van der Waals surface area contributed by atoms with E-state index in [9.17, 15) is 0 Å². The van der Waals surface area contributed by atoms with Crippen molar-refractivity contribution >= 4 is 22.5 Å². The van der Waals surface area contributed by atoms with Gasteiger partial charge in [0.1, 0.15) is 0 Å². The lowest BCUT2D eigenvalue weighted by molar-refractivity contribution is 0.199. The fourth-order valence-electron chi connectivity index (χ4n) is 2.04. The molecule has 0 atom stereocenters. The number of methoxy groups -OCH3 is 1. The van der Waals surface area contributed by atoms with Gasteiger partial charge in [0.2, 0.25) is 0 Å². The van der Waals surface area contributed by atoms with Crippen LogP contribution in [-0.4, -0.2) is 31.4 Å². The number of hydrogen-bond donors (Lipinski definition) is 1. The molecule has 3 nitrogen and oxygen atoms in total. The third kappa shape index (κ3) is 3.48. The predicted octanol–water partition coefficient (Wildman–Crippen LogP) is 2.92. The van der Waals surface area contributed by atoms with Crippen molar-refractivity contribution in [2.24, 2.45) is 0 Å². The third-order valence-corrected chi connectivity index (χ3v) is 3.20. The second kappa shape index (κ2) is 6.78. The number of nitrogens with one attached hydrogen (secondary N) is 1. The van der Waals surface area contributed by atoms with E-state index in [-0.39, 0.29) is 0 Å². The van der Waals surface area contributed by atoms with Crippen LogP contribution in [0.5, 0.6) is 0 Å². The number of rotatable bonds is 7. The first-order valence-corrected chi connectivity index (χ1v) is 6.63. The van der Waals surface area contributed by atoms with Crippen molar-refractivity contribution in [3.8, 4) is 0 Å². The molecule has 4 heteroatoms. The highest BCUT2D eigenvalue weighted by Crippen LogP contribution is 2.20. The average Bonchev–Trinajstić information content (AvgIpc) is 2.76. The number of fused-ring (bicyclic) bond motifs is 1. The van der Waals surface area contributed by atoms with Crippen molar-refractivity contribution in [1.82, 2.24) is 9.88 Å². The zero-order chi connectivity index (χ0) is 12.8. The molecular formula is C14H19ClN2O. The molecule has 0 unspecified atom stereocenters. The van der Waals surface area contributed by atoms with Gasteiger partial charge in [-0.15, -0.1) is 0 Å². The van der Waals surface area contributed by atoms with Gasteiger partial charge >= 0.3 is 0 Å². The minimum absolute atomic E-state index is 0.769. The molecule has 0 saturated carbocycles.